The van der Waals surface area contributed by atoms with Crippen molar-refractivity contribution in [2.24, 2.45) is 17.2 Å². The van der Waals surface area contributed by atoms with Gasteiger partial charge in [-0.25, -0.2) is 9.97 Å². The van der Waals surface area contributed by atoms with Gasteiger partial charge in [0.25, 0.3) is 0 Å². The van der Waals surface area contributed by atoms with Crippen LogP contribution in [0.3, 0.4) is 0 Å². The van der Waals surface area contributed by atoms with Crippen molar-refractivity contribution in [3.63, 3.8) is 0 Å². The molecule has 0 radical (unpaired) electrons. The third-order valence-corrected chi connectivity index (χ3v) is 3.99. The standard InChI is InChI=1S/C16H27N9O2/c17-1-2-20-3-4-25(15(26)13(18)5-11-7-21-9-23-11)16(27)14(19)6-12-8-22-10-24-12/h7-10,13-14,20H,1-6,17-19H2,(H,21,23)(H,22,24)/t13-,14-/m0/s1. The van der Waals surface area contributed by atoms with Gasteiger partial charge in [-0.05, 0) is 0 Å². The molecular formula is C16H27N9O2. The first kappa shape index (κ1) is 20.7. The van der Waals surface area contributed by atoms with Crippen LogP contribution in [0.15, 0.2) is 25.0 Å². The average molecular weight is 377 g/mol. The minimum Gasteiger partial charge on any atom is -0.348 e. The van der Waals surface area contributed by atoms with Crippen molar-refractivity contribution in [3.05, 3.63) is 36.4 Å². The Morgan fingerprint density at radius 1 is 1.00 bits per heavy atom. The van der Waals surface area contributed by atoms with Crippen molar-refractivity contribution in [2.75, 3.05) is 26.2 Å². The van der Waals surface area contributed by atoms with E-state index in [4.69, 9.17) is 17.2 Å². The molecule has 11 heteroatoms. The number of imidazole rings is 2. The van der Waals surface area contributed by atoms with Crippen LogP contribution in [-0.4, -0.2) is 74.9 Å². The highest BCUT2D eigenvalue weighted by Gasteiger charge is 2.30. The van der Waals surface area contributed by atoms with E-state index in [1.165, 1.54) is 12.7 Å². The lowest BCUT2D eigenvalue weighted by molar-refractivity contribution is -0.146. The van der Waals surface area contributed by atoms with Crippen LogP contribution in [-0.2, 0) is 22.4 Å². The Kier molecular flexibility index (Phi) is 8.07. The van der Waals surface area contributed by atoms with E-state index >= 15 is 0 Å². The number of nitrogens with two attached hydrogens (primary N) is 3. The lowest BCUT2D eigenvalue weighted by Crippen LogP contribution is -2.55. The number of imide groups is 1. The van der Waals surface area contributed by atoms with Crippen molar-refractivity contribution in [1.82, 2.24) is 30.2 Å². The van der Waals surface area contributed by atoms with Crippen molar-refractivity contribution < 1.29 is 9.59 Å². The Labute approximate surface area is 157 Å². The summed E-state index contributed by atoms with van der Waals surface area (Å²) in [7, 11) is 0. The maximum Gasteiger partial charge on any atom is 0.246 e. The number of aromatic nitrogens is 4. The molecule has 0 aromatic carbocycles. The molecule has 0 aliphatic heterocycles. The highest BCUT2D eigenvalue weighted by atomic mass is 16.2. The number of aromatic amines is 2. The highest BCUT2D eigenvalue weighted by molar-refractivity contribution is 6.00. The van der Waals surface area contributed by atoms with E-state index in [0.717, 1.165) is 4.90 Å². The van der Waals surface area contributed by atoms with Gasteiger partial charge in [0.1, 0.15) is 0 Å². The van der Waals surface area contributed by atoms with Gasteiger partial charge in [0.05, 0.1) is 24.7 Å². The van der Waals surface area contributed by atoms with Crippen molar-refractivity contribution >= 4 is 11.8 Å². The first-order valence-electron chi connectivity index (χ1n) is 8.74. The summed E-state index contributed by atoms with van der Waals surface area (Å²) in [4.78, 5) is 40.3. The summed E-state index contributed by atoms with van der Waals surface area (Å²) in [6.07, 6.45) is 6.68. The number of hydrogen-bond donors (Lipinski definition) is 6. The van der Waals surface area contributed by atoms with Crippen LogP contribution in [0.1, 0.15) is 11.4 Å². The third-order valence-electron chi connectivity index (χ3n) is 3.99. The fraction of sp³-hybridized carbons (Fsp3) is 0.500. The fourth-order valence-corrected chi connectivity index (χ4v) is 2.59. The minimum atomic E-state index is -0.886. The van der Waals surface area contributed by atoms with Gasteiger partial charge in [-0.3, -0.25) is 14.5 Å². The summed E-state index contributed by atoms with van der Waals surface area (Å²) in [5.74, 6) is -0.964. The Balaban J connectivity index is 2.03. The SMILES string of the molecule is NCCNCCN(C(=O)[C@@H](N)Cc1cnc[nH]1)C(=O)[C@@H](N)Cc1cnc[nH]1. The van der Waals surface area contributed by atoms with E-state index in [0.29, 0.717) is 31.0 Å². The molecule has 27 heavy (non-hydrogen) atoms. The van der Waals surface area contributed by atoms with Gasteiger partial charge in [0.2, 0.25) is 11.8 Å². The molecule has 0 bridgehead atoms. The molecule has 9 N–H and O–H groups in total. The largest absolute Gasteiger partial charge is 0.348 e. The van der Waals surface area contributed by atoms with Gasteiger partial charge in [0, 0.05) is 62.8 Å². The smallest absolute Gasteiger partial charge is 0.246 e. The summed E-state index contributed by atoms with van der Waals surface area (Å²) in [5.41, 5.74) is 18.9. The molecular weight excluding hydrogens is 350 g/mol. The molecule has 148 valence electrons. The van der Waals surface area contributed by atoms with Crippen LogP contribution in [0.25, 0.3) is 0 Å². The van der Waals surface area contributed by atoms with Crippen LogP contribution in [0.5, 0.6) is 0 Å². The van der Waals surface area contributed by atoms with Crippen LogP contribution in [0, 0.1) is 0 Å². The molecule has 0 aliphatic rings. The molecule has 2 rings (SSSR count). The van der Waals surface area contributed by atoms with Gasteiger partial charge in [-0.1, -0.05) is 0 Å². The zero-order chi connectivity index (χ0) is 19.6. The first-order chi connectivity index (χ1) is 13.0. The summed E-state index contributed by atoms with van der Waals surface area (Å²) >= 11 is 0. The molecule has 0 fully saturated rings. The molecule has 0 saturated heterocycles. The number of carbonyl (C=O) groups is 2. The van der Waals surface area contributed by atoms with Crippen LogP contribution in [0.2, 0.25) is 0 Å². The second kappa shape index (κ2) is 10.5. The highest BCUT2D eigenvalue weighted by Crippen LogP contribution is 2.06. The molecule has 11 nitrogen and oxygen atoms in total. The predicted octanol–water partition coefficient (Wildman–Crippen LogP) is -2.52. The van der Waals surface area contributed by atoms with Crippen LogP contribution < -0.4 is 22.5 Å². The average Bonchev–Trinajstić information content (AvgIpc) is 3.35. The van der Waals surface area contributed by atoms with Crippen molar-refractivity contribution in [3.8, 4) is 0 Å². The van der Waals surface area contributed by atoms with Gasteiger partial charge < -0.3 is 32.5 Å². The van der Waals surface area contributed by atoms with Gasteiger partial charge >= 0.3 is 0 Å². The summed E-state index contributed by atoms with van der Waals surface area (Å²) in [6, 6.07) is -1.77. The number of nitrogens with one attached hydrogen (secondary N) is 3. The zero-order valence-corrected chi connectivity index (χ0v) is 15.1. The third kappa shape index (κ3) is 6.25. The molecule has 2 aromatic rings. The number of amides is 2. The second-order valence-corrected chi connectivity index (χ2v) is 6.14. The zero-order valence-electron chi connectivity index (χ0n) is 15.1. The van der Waals surface area contributed by atoms with E-state index in [1.807, 2.05) is 0 Å². The fourth-order valence-electron chi connectivity index (χ4n) is 2.59. The molecule has 0 aliphatic carbocycles. The summed E-state index contributed by atoms with van der Waals surface area (Å²) in [6.45, 7) is 1.60. The van der Waals surface area contributed by atoms with Crippen molar-refractivity contribution in [1.29, 1.82) is 0 Å². The van der Waals surface area contributed by atoms with Gasteiger partial charge in [0.15, 0.2) is 0 Å². The quantitative estimate of drug-likeness (QED) is 0.231. The number of nitrogens with zero attached hydrogens (tertiary/aromatic N) is 3. The second-order valence-electron chi connectivity index (χ2n) is 6.14. The Morgan fingerprint density at radius 2 is 1.52 bits per heavy atom. The lowest BCUT2D eigenvalue weighted by Gasteiger charge is -2.26. The number of carbonyl (C=O) groups excluding carboxylic acids is 2. The van der Waals surface area contributed by atoms with Crippen LogP contribution in [0.4, 0.5) is 0 Å². The maximum absolute atomic E-state index is 12.8. The number of H-pyrrole nitrogens is 2. The van der Waals surface area contributed by atoms with E-state index in [9.17, 15) is 9.59 Å². The number of hydrogen-bond acceptors (Lipinski definition) is 8. The first-order valence-corrected chi connectivity index (χ1v) is 8.74. The Bertz CT molecular complexity index is 633. The monoisotopic (exact) mass is 377 g/mol. The molecule has 0 spiro atoms. The molecule has 2 heterocycles. The summed E-state index contributed by atoms with van der Waals surface area (Å²) < 4.78 is 0. The van der Waals surface area contributed by atoms with E-state index in [2.05, 4.69) is 25.3 Å². The maximum atomic E-state index is 12.8. The molecule has 0 unspecified atom stereocenters. The predicted molar refractivity (Wildman–Crippen MR) is 99.2 cm³/mol. The van der Waals surface area contributed by atoms with E-state index < -0.39 is 23.9 Å². The lowest BCUT2D eigenvalue weighted by atomic mass is 10.1. The van der Waals surface area contributed by atoms with E-state index in [1.54, 1.807) is 12.4 Å². The Morgan fingerprint density at radius 3 is 1.93 bits per heavy atom. The van der Waals surface area contributed by atoms with Crippen molar-refractivity contribution in [2.45, 2.75) is 24.9 Å². The Hall–Kier alpha value is -2.60. The normalized spacial score (nSPS) is 13.3. The topological polar surface area (TPSA) is 185 Å². The van der Waals surface area contributed by atoms with Gasteiger partial charge in [-0.2, -0.15) is 0 Å². The van der Waals surface area contributed by atoms with Crippen LogP contribution >= 0.6 is 0 Å². The molecule has 2 aromatic heterocycles. The minimum absolute atomic E-state index is 0.158. The molecule has 0 saturated carbocycles. The molecule has 2 atom stereocenters. The summed E-state index contributed by atoms with van der Waals surface area (Å²) in [5, 5.41) is 3.06. The number of rotatable bonds is 11. The van der Waals surface area contributed by atoms with E-state index in [-0.39, 0.29) is 19.4 Å². The van der Waals surface area contributed by atoms with Gasteiger partial charge in [-0.15, -0.1) is 0 Å². The molecule has 2 amide bonds.